The van der Waals surface area contributed by atoms with Crippen molar-refractivity contribution in [3.05, 3.63) is 76.7 Å². The number of ether oxygens (including phenoxy) is 1. The number of Topliss-reactive ketones (excluding diaryl/α,β-unsaturated/α-hetero) is 2. The number of carbonyl (C=O) groups is 2. The summed E-state index contributed by atoms with van der Waals surface area (Å²) in [7, 11) is 1.46. The molecular weight excluding hydrogens is 594 g/mol. The van der Waals surface area contributed by atoms with Gasteiger partial charge in [0, 0.05) is 53.4 Å². The zero-order valence-electron chi connectivity index (χ0n) is 27.6. The molecule has 0 spiro atoms. The monoisotopic (exact) mass is 643 g/mol. The molecule has 47 heavy (non-hydrogen) atoms. The maximum atomic E-state index is 13.0. The van der Waals surface area contributed by atoms with Gasteiger partial charge in [0.05, 0.1) is 13.7 Å². The number of H-pyrrole nitrogens is 1. The SMILES string of the molecule is CC[C@H]1CCCC[C@@H]1CCCC(=O)[C@H](O)C(=O)CCc1cc(OC)c(O)c([C@@H]2c3ccnc(N)c3C=C[C@@]2(CO)Cc2ccc[nH]2)c1. The Kier molecular flexibility index (Phi) is 11.2. The Morgan fingerprint density at radius 1 is 1.13 bits per heavy atom. The number of hydrogen-bond acceptors (Lipinski definition) is 8. The second-order valence-electron chi connectivity index (χ2n) is 13.4. The number of phenols is 1. The number of methoxy groups -OCH3 is 1. The molecule has 9 heteroatoms. The van der Waals surface area contributed by atoms with Crippen LogP contribution in [0.2, 0.25) is 0 Å². The summed E-state index contributed by atoms with van der Waals surface area (Å²) in [6, 6.07) is 9.18. The maximum absolute atomic E-state index is 13.0. The number of aryl methyl sites for hydroxylation is 1. The van der Waals surface area contributed by atoms with Gasteiger partial charge in [-0.3, -0.25) is 9.59 Å². The summed E-state index contributed by atoms with van der Waals surface area (Å²) in [6.07, 6.45) is 14.2. The Bertz CT molecular complexity index is 1570. The van der Waals surface area contributed by atoms with Gasteiger partial charge in [-0.05, 0) is 72.9 Å². The third-order valence-electron chi connectivity index (χ3n) is 10.6. The number of aromatic amines is 1. The quantitative estimate of drug-likeness (QED) is 0.128. The predicted octanol–water partition coefficient (Wildman–Crippen LogP) is 5.90. The van der Waals surface area contributed by atoms with Gasteiger partial charge in [-0.1, -0.05) is 57.2 Å². The Hall–Kier alpha value is -3.95. The molecule has 6 N–H and O–H groups in total. The Morgan fingerprint density at radius 2 is 1.89 bits per heavy atom. The average Bonchev–Trinajstić information content (AvgIpc) is 3.60. The van der Waals surface area contributed by atoms with Crippen molar-refractivity contribution in [2.45, 2.75) is 89.6 Å². The number of pyridine rings is 1. The summed E-state index contributed by atoms with van der Waals surface area (Å²) >= 11 is 0. The highest BCUT2D eigenvalue weighted by atomic mass is 16.5. The lowest BCUT2D eigenvalue weighted by Gasteiger charge is -2.41. The number of benzene rings is 1. The molecule has 252 valence electrons. The lowest BCUT2D eigenvalue weighted by atomic mass is 9.63. The zero-order valence-corrected chi connectivity index (χ0v) is 27.6. The number of aliphatic hydroxyl groups is 2. The number of ketones is 2. The lowest BCUT2D eigenvalue weighted by molar-refractivity contribution is -0.138. The molecule has 0 saturated heterocycles. The first kappa shape index (κ1) is 34.4. The van der Waals surface area contributed by atoms with Gasteiger partial charge in [0.15, 0.2) is 29.2 Å². The molecule has 0 bridgehead atoms. The molecule has 0 amide bonds. The van der Waals surface area contributed by atoms with Crippen LogP contribution in [0.1, 0.15) is 98.6 Å². The number of hydrogen-bond donors (Lipinski definition) is 5. The fourth-order valence-corrected chi connectivity index (χ4v) is 7.93. The number of aromatic hydroxyl groups is 1. The van der Waals surface area contributed by atoms with E-state index in [1.807, 2.05) is 42.6 Å². The van der Waals surface area contributed by atoms with Crippen molar-refractivity contribution >= 4 is 23.5 Å². The van der Waals surface area contributed by atoms with Crippen molar-refractivity contribution in [2.75, 3.05) is 19.5 Å². The van der Waals surface area contributed by atoms with Gasteiger partial charge in [-0.25, -0.2) is 4.98 Å². The van der Waals surface area contributed by atoms with Gasteiger partial charge in [-0.15, -0.1) is 0 Å². The van der Waals surface area contributed by atoms with Crippen LogP contribution in [0.3, 0.4) is 0 Å². The topological polar surface area (TPSA) is 159 Å². The Balaban J connectivity index is 1.35. The number of phenolic OH excluding ortho intramolecular Hbond substituents is 1. The second-order valence-corrected chi connectivity index (χ2v) is 13.4. The van der Waals surface area contributed by atoms with E-state index < -0.39 is 29.0 Å². The highest BCUT2D eigenvalue weighted by molar-refractivity contribution is 6.05. The second kappa shape index (κ2) is 15.3. The first-order chi connectivity index (χ1) is 22.7. The average molecular weight is 644 g/mol. The molecule has 1 saturated carbocycles. The van der Waals surface area contributed by atoms with E-state index in [2.05, 4.69) is 16.9 Å². The van der Waals surface area contributed by atoms with Gasteiger partial charge in [0.1, 0.15) is 5.82 Å². The summed E-state index contributed by atoms with van der Waals surface area (Å²) in [4.78, 5) is 33.3. The van der Waals surface area contributed by atoms with E-state index in [0.717, 1.165) is 24.1 Å². The van der Waals surface area contributed by atoms with Gasteiger partial charge in [-0.2, -0.15) is 0 Å². The van der Waals surface area contributed by atoms with Crippen molar-refractivity contribution in [3.8, 4) is 11.5 Å². The van der Waals surface area contributed by atoms with Crippen LogP contribution in [0.4, 0.5) is 5.82 Å². The van der Waals surface area contributed by atoms with Gasteiger partial charge < -0.3 is 30.8 Å². The van der Waals surface area contributed by atoms with E-state index >= 15 is 0 Å². The maximum Gasteiger partial charge on any atom is 0.170 e. The number of nitrogens with two attached hydrogens (primary N) is 1. The van der Waals surface area contributed by atoms with Crippen molar-refractivity contribution in [2.24, 2.45) is 17.3 Å². The molecule has 2 aromatic heterocycles. The molecule has 9 nitrogen and oxygen atoms in total. The van der Waals surface area contributed by atoms with Crippen LogP contribution in [-0.4, -0.2) is 56.7 Å². The Labute approximate surface area is 277 Å². The van der Waals surface area contributed by atoms with Crippen molar-refractivity contribution in [1.82, 2.24) is 9.97 Å². The van der Waals surface area contributed by atoms with Crippen LogP contribution in [0.15, 0.2) is 48.8 Å². The lowest BCUT2D eigenvalue weighted by Crippen LogP contribution is -2.36. The highest BCUT2D eigenvalue weighted by Gasteiger charge is 2.44. The molecule has 0 unspecified atom stereocenters. The predicted molar refractivity (Wildman–Crippen MR) is 182 cm³/mol. The molecule has 3 aromatic rings. The Morgan fingerprint density at radius 3 is 2.60 bits per heavy atom. The molecule has 5 atom stereocenters. The van der Waals surface area contributed by atoms with Crippen molar-refractivity contribution in [3.63, 3.8) is 0 Å². The van der Waals surface area contributed by atoms with E-state index in [9.17, 15) is 24.9 Å². The van der Waals surface area contributed by atoms with Crippen molar-refractivity contribution in [1.29, 1.82) is 0 Å². The van der Waals surface area contributed by atoms with E-state index in [1.165, 1.54) is 32.8 Å². The number of aliphatic hydroxyl groups excluding tert-OH is 2. The van der Waals surface area contributed by atoms with Gasteiger partial charge >= 0.3 is 0 Å². The molecule has 1 fully saturated rings. The third-order valence-corrected chi connectivity index (χ3v) is 10.6. The van der Waals surface area contributed by atoms with Crippen LogP contribution < -0.4 is 10.5 Å². The minimum atomic E-state index is -1.64. The van der Waals surface area contributed by atoms with Crippen LogP contribution in [0.25, 0.3) is 6.08 Å². The largest absolute Gasteiger partial charge is 0.504 e. The molecule has 0 radical (unpaired) electrons. The number of nitrogen functional groups attached to an aromatic ring is 1. The van der Waals surface area contributed by atoms with Crippen LogP contribution >= 0.6 is 0 Å². The van der Waals surface area contributed by atoms with Crippen LogP contribution in [-0.2, 0) is 22.4 Å². The molecule has 2 aliphatic carbocycles. The number of nitrogens with zero attached hydrogens (tertiary/aromatic N) is 1. The molecular formula is C38H49N3O6. The summed E-state index contributed by atoms with van der Waals surface area (Å²) in [5, 5.41) is 33.1. The number of fused-ring (bicyclic) bond motifs is 1. The number of anilines is 1. The smallest absolute Gasteiger partial charge is 0.170 e. The minimum Gasteiger partial charge on any atom is -0.504 e. The molecule has 2 aliphatic rings. The number of aromatic nitrogens is 2. The van der Waals surface area contributed by atoms with E-state index in [-0.39, 0.29) is 37.4 Å². The molecule has 2 heterocycles. The van der Waals surface area contributed by atoms with E-state index in [1.54, 1.807) is 12.3 Å². The first-order valence-electron chi connectivity index (χ1n) is 17.0. The first-order valence-corrected chi connectivity index (χ1v) is 17.0. The van der Waals surface area contributed by atoms with Crippen molar-refractivity contribution < 1.29 is 29.6 Å². The fraction of sp³-hybridized carbons (Fsp3) is 0.500. The number of carbonyl (C=O) groups excluding carboxylic acids is 2. The third kappa shape index (κ3) is 7.47. The molecule has 1 aromatic carbocycles. The summed E-state index contributed by atoms with van der Waals surface area (Å²) in [5.74, 6) is 0.331. The molecule has 0 aliphatic heterocycles. The van der Waals surface area contributed by atoms with Crippen LogP contribution in [0, 0.1) is 17.3 Å². The van der Waals surface area contributed by atoms with Gasteiger partial charge in [0.2, 0.25) is 0 Å². The zero-order chi connectivity index (χ0) is 33.6. The standard InChI is InChI=1S/C38H49N3O6/c1-3-25-8-4-5-9-26(25)10-6-12-31(43)36(46)32(44)14-13-24-20-30(35(45)33(21-24)47-2)34-28-16-19-41-37(39)29(28)15-17-38(34,23-42)22-27-11-7-18-40-27/h7,11,15-21,25-26,34,36,40,42,45-46H,3-6,8-10,12-14,22-23H2,1-2H3,(H2,39,41)/t25-,26+,34-,36-,38-/m0/s1. The summed E-state index contributed by atoms with van der Waals surface area (Å²) in [5.41, 5.74) is 9.04. The number of nitrogens with one attached hydrogen (secondary N) is 1. The van der Waals surface area contributed by atoms with Gasteiger partial charge in [0.25, 0.3) is 0 Å². The molecule has 5 rings (SSSR count). The highest BCUT2D eigenvalue weighted by Crippen LogP contribution is 2.53. The summed E-state index contributed by atoms with van der Waals surface area (Å²) in [6.45, 7) is 2.00. The fourth-order valence-electron chi connectivity index (χ4n) is 7.93. The van der Waals surface area contributed by atoms with E-state index in [0.29, 0.717) is 47.2 Å². The minimum absolute atomic E-state index is 0.0492. The van der Waals surface area contributed by atoms with E-state index in [4.69, 9.17) is 10.5 Å². The van der Waals surface area contributed by atoms with Crippen LogP contribution in [0.5, 0.6) is 11.5 Å². The summed E-state index contributed by atoms with van der Waals surface area (Å²) < 4.78 is 5.58. The normalized spacial score (nSPS) is 22.9. The number of rotatable bonds is 15.